The van der Waals surface area contributed by atoms with Crippen LogP contribution in [0.2, 0.25) is 0 Å². The van der Waals surface area contributed by atoms with Crippen molar-refractivity contribution in [2.45, 2.75) is 5.75 Å². The molecular formula is C11H10FN3OS. The van der Waals surface area contributed by atoms with Crippen LogP contribution in [0.3, 0.4) is 0 Å². The Hall–Kier alpha value is -1.82. The number of halogens is 1. The molecule has 88 valence electrons. The van der Waals surface area contributed by atoms with E-state index < -0.39 is 0 Å². The molecule has 0 saturated heterocycles. The van der Waals surface area contributed by atoms with Gasteiger partial charge in [-0.1, -0.05) is 17.8 Å². The minimum Gasteiger partial charge on any atom is -0.444 e. The summed E-state index contributed by atoms with van der Waals surface area (Å²) in [6.45, 7) is 0. The average Bonchev–Trinajstić information content (AvgIpc) is 2.75. The largest absolute Gasteiger partial charge is 0.444 e. The Balaban J connectivity index is 2.15. The van der Waals surface area contributed by atoms with Gasteiger partial charge in [-0.3, -0.25) is 5.41 Å². The molecule has 0 fully saturated rings. The molecule has 0 amide bonds. The Morgan fingerprint density at radius 2 is 2.35 bits per heavy atom. The first kappa shape index (κ1) is 11.7. The van der Waals surface area contributed by atoms with Crippen molar-refractivity contribution in [1.82, 2.24) is 4.98 Å². The smallest absolute Gasteiger partial charge is 0.226 e. The Labute approximate surface area is 102 Å². The van der Waals surface area contributed by atoms with Crippen molar-refractivity contribution in [3.8, 4) is 11.5 Å². The second-order valence-corrected chi connectivity index (χ2v) is 4.32. The van der Waals surface area contributed by atoms with Crippen LogP contribution < -0.4 is 5.73 Å². The molecule has 0 spiro atoms. The van der Waals surface area contributed by atoms with Crippen molar-refractivity contribution in [2.75, 3.05) is 0 Å². The van der Waals surface area contributed by atoms with E-state index in [0.717, 1.165) is 11.8 Å². The van der Waals surface area contributed by atoms with Crippen molar-refractivity contribution < 1.29 is 8.81 Å². The topological polar surface area (TPSA) is 75.9 Å². The maximum atomic E-state index is 13.0. The van der Waals surface area contributed by atoms with E-state index >= 15 is 0 Å². The van der Waals surface area contributed by atoms with Crippen LogP contribution in [0.25, 0.3) is 11.5 Å². The summed E-state index contributed by atoms with van der Waals surface area (Å²) in [6.07, 6.45) is 1.48. The molecule has 1 aromatic heterocycles. The first-order valence-corrected chi connectivity index (χ1v) is 5.81. The highest BCUT2D eigenvalue weighted by atomic mass is 32.2. The molecule has 6 heteroatoms. The molecule has 3 N–H and O–H groups in total. The molecule has 0 aliphatic rings. The lowest BCUT2D eigenvalue weighted by molar-refractivity contribution is 0.571. The summed E-state index contributed by atoms with van der Waals surface area (Å²) in [6, 6.07) is 6.03. The standard InChI is InChI=1S/C11H10FN3OS/c12-8-3-1-2-7(4-8)10-15-9(5-16-10)6-17-11(13)14/h1-5H,6H2,(H3,13,14). The second-order valence-electron chi connectivity index (χ2n) is 3.31. The number of nitrogens with zero attached hydrogens (tertiary/aromatic N) is 1. The Bertz CT molecular complexity index is 541. The third-order valence-electron chi connectivity index (χ3n) is 2.00. The molecule has 1 heterocycles. The number of aromatic nitrogens is 1. The Kier molecular flexibility index (Phi) is 3.43. The van der Waals surface area contributed by atoms with E-state index in [4.69, 9.17) is 15.6 Å². The van der Waals surface area contributed by atoms with Gasteiger partial charge in [0.05, 0.1) is 5.69 Å². The third kappa shape index (κ3) is 3.07. The zero-order chi connectivity index (χ0) is 12.3. The zero-order valence-corrected chi connectivity index (χ0v) is 9.63. The SMILES string of the molecule is N=C(N)SCc1coc(-c2cccc(F)c2)n1. The van der Waals surface area contributed by atoms with Crippen molar-refractivity contribution in [3.05, 3.63) is 42.0 Å². The highest BCUT2D eigenvalue weighted by Gasteiger charge is 2.07. The number of hydrogen-bond donors (Lipinski definition) is 2. The maximum Gasteiger partial charge on any atom is 0.226 e. The molecule has 0 unspecified atom stereocenters. The van der Waals surface area contributed by atoms with Crippen LogP contribution in [0.5, 0.6) is 0 Å². The van der Waals surface area contributed by atoms with E-state index in [2.05, 4.69) is 4.98 Å². The van der Waals surface area contributed by atoms with Crippen LogP contribution in [-0.4, -0.2) is 10.2 Å². The van der Waals surface area contributed by atoms with E-state index in [-0.39, 0.29) is 11.0 Å². The molecule has 17 heavy (non-hydrogen) atoms. The molecule has 0 saturated carbocycles. The van der Waals surface area contributed by atoms with Gasteiger partial charge in [0, 0.05) is 11.3 Å². The van der Waals surface area contributed by atoms with Crippen LogP contribution in [0.15, 0.2) is 34.9 Å². The molecule has 1 aromatic carbocycles. The van der Waals surface area contributed by atoms with Gasteiger partial charge in [-0.15, -0.1) is 0 Å². The van der Waals surface area contributed by atoms with Crippen molar-refractivity contribution >= 4 is 16.9 Å². The summed E-state index contributed by atoms with van der Waals surface area (Å²) in [4.78, 5) is 4.19. The maximum absolute atomic E-state index is 13.0. The number of nitrogens with two attached hydrogens (primary N) is 1. The minimum absolute atomic E-state index is 0.0281. The Morgan fingerprint density at radius 1 is 1.53 bits per heavy atom. The quantitative estimate of drug-likeness (QED) is 0.649. The van der Waals surface area contributed by atoms with Gasteiger partial charge in [0.2, 0.25) is 5.89 Å². The van der Waals surface area contributed by atoms with Gasteiger partial charge in [0.15, 0.2) is 5.17 Å². The number of benzene rings is 1. The zero-order valence-electron chi connectivity index (χ0n) is 8.81. The summed E-state index contributed by atoms with van der Waals surface area (Å²) in [5.41, 5.74) is 6.47. The van der Waals surface area contributed by atoms with E-state index in [1.165, 1.54) is 18.4 Å². The van der Waals surface area contributed by atoms with Crippen LogP contribution in [0, 0.1) is 11.2 Å². The fourth-order valence-electron chi connectivity index (χ4n) is 1.28. The van der Waals surface area contributed by atoms with Gasteiger partial charge in [0.1, 0.15) is 12.1 Å². The summed E-state index contributed by atoms with van der Waals surface area (Å²) < 4.78 is 18.2. The summed E-state index contributed by atoms with van der Waals surface area (Å²) in [7, 11) is 0. The minimum atomic E-state index is -0.333. The van der Waals surface area contributed by atoms with Crippen molar-refractivity contribution in [3.63, 3.8) is 0 Å². The number of amidine groups is 1. The second kappa shape index (κ2) is 5.01. The normalized spacial score (nSPS) is 10.4. The first-order chi connectivity index (χ1) is 8.15. The fourth-order valence-corrected chi connectivity index (χ4v) is 1.72. The number of oxazole rings is 1. The summed E-state index contributed by atoms with van der Waals surface area (Å²) in [5.74, 6) is 0.498. The molecule has 0 bridgehead atoms. The molecule has 0 radical (unpaired) electrons. The van der Waals surface area contributed by atoms with Crippen LogP contribution >= 0.6 is 11.8 Å². The van der Waals surface area contributed by atoms with Gasteiger partial charge in [-0.25, -0.2) is 9.37 Å². The van der Waals surface area contributed by atoms with Crippen molar-refractivity contribution in [2.24, 2.45) is 5.73 Å². The van der Waals surface area contributed by atoms with Crippen LogP contribution in [-0.2, 0) is 5.75 Å². The third-order valence-corrected chi connectivity index (χ3v) is 2.75. The summed E-state index contributed by atoms with van der Waals surface area (Å²) >= 11 is 1.16. The lowest BCUT2D eigenvalue weighted by Gasteiger charge is -1.95. The van der Waals surface area contributed by atoms with Crippen LogP contribution in [0.4, 0.5) is 4.39 Å². The Morgan fingerprint density at radius 3 is 3.06 bits per heavy atom. The lowest BCUT2D eigenvalue weighted by Crippen LogP contribution is -2.03. The fraction of sp³-hybridized carbons (Fsp3) is 0.0909. The van der Waals surface area contributed by atoms with Gasteiger partial charge < -0.3 is 10.2 Å². The molecule has 0 aliphatic heterocycles. The van der Waals surface area contributed by atoms with E-state index in [1.807, 2.05) is 0 Å². The van der Waals surface area contributed by atoms with Gasteiger partial charge >= 0.3 is 0 Å². The van der Waals surface area contributed by atoms with Crippen LogP contribution in [0.1, 0.15) is 5.69 Å². The highest BCUT2D eigenvalue weighted by molar-refractivity contribution is 8.13. The molecule has 2 aromatic rings. The van der Waals surface area contributed by atoms with Gasteiger partial charge in [-0.05, 0) is 18.2 Å². The number of nitrogens with one attached hydrogen (secondary N) is 1. The van der Waals surface area contributed by atoms with E-state index in [9.17, 15) is 4.39 Å². The molecule has 0 aliphatic carbocycles. The molecule has 0 atom stereocenters. The van der Waals surface area contributed by atoms with E-state index in [1.54, 1.807) is 12.1 Å². The first-order valence-electron chi connectivity index (χ1n) is 4.82. The number of thioether (sulfide) groups is 1. The van der Waals surface area contributed by atoms with Gasteiger partial charge in [0.25, 0.3) is 0 Å². The predicted molar refractivity (Wildman–Crippen MR) is 65.1 cm³/mol. The van der Waals surface area contributed by atoms with E-state index in [0.29, 0.717) is 22.9 Å². The predicted octanol–water partition coefficient (Wildman–Crippen LogP) is 2.61. The van der Waals surface area contributed by atoms with Gasteiger partial charge in [-0.2, -0.15) is 0 Å². The molecule has 2 rings (SSSR count). The highest BCUT2D eigenvalue weighted by Crippen LogP contribution is 2.21. The molecule has 4 nitrogen and oxygen atoms in total. The monoisotopic (exact) mass is 251 g/mol. The number of hydrogen-bond acceptors (Lipinski definition) is 4. The number of rotatable bonds is 3. The van der Waals surface area contributed by atoms with Crippen molar-refractivity contribution in [1.29, 1.82) is 5.41 Å². The average molecular weight is 251 g/mol. The molecular weight excluding hydrogens is 241 g/mol. The summed E-state index contributed by atoms with van der Waals surface area (Å²) in [5, 5.41) is 7.10. The lowest BCUT2D eigenvalue weighted by atomic mass is 10.2.